The van der Waals surface area contributed by atoms with Crippen LogP contribution in [0.4, 0.5) is 17.6 Å². The van der Waals surface area contributed by atoms with E-state index in [1.807, 2.05) is 0 Å². The molecule has 132 valence electrons. The Bertz CT molecular complexity index is 768. The fourth-order valence-corrected chi connectivity index (χ4v) is 2.59. The average molecular weight is 355 g/mol. The van der Waals surface area contributed by atoms with Crippen molar-refractivity contribution in [1.29, 1.82) is 0 Å². The molecule has 4 nitrogen and oxygen atoms in total. The van der Waals surface area contributed by atoms with Crippen molar-refractivity contribution in [3.05, 3.63) is 59.4 Å². The molecule has 0 bridgehead atoms. The fourth-order valence-electron chi connectivity index (χ4n) is 2.59. The topological polar surface area (TPSA) is 54.9 Å². The molecule has 0 amide bonds. The van der Waals surface area contributed by atoms with Crippen molar-refractivity contribution in [2.75, 3.05) is 13.2 Å². The SMILES string of the molecule is CCOB(O)c1ccc(C(F)(F)C2(c3ccc(F)cc3F)CO2)nc1. The Morgan fingerprint density at radius 3 is 2.56 bits per heavy atom. The highest BCUT2D eigenvalue weighted by Crippen LogP contribution is 2.56. The van der Waals surface area contributed by atoms with Crippen LogP contribution in [-0.4, -0.2) is 30.3 Å². The summed E-state index contributed by atoms with van der Waals surface area (Å²) in [4.78, 5) is 3.67. The summed E-state index contributed by atoms with van der Waals surface area (Å²) >= 11 is 0. The Hall–Kier alpha value is -1.97. The molecule has 1 atom stereocenters. The molecule has 1 aromatic heterocycles. The van der Waals surface area contributed by atoms with Gasteiger partial charge in [-0.3, -0.25) is 4.98 Å². The number of benzene rings is 1. The lowest BCUT2D eigenvalue weighted by Gasteiger charge is -2.24. The van der Waals surface area contributed by atoms with E-state index < -0.39 is 48.1 Å². The minimum absolute atomic E-state index is 0.208. The summed E-state index contributed by atoms with van der Waals surface area (Å²) in [6.45, 7) is 1.48. The molecule has 0 spiro atoms. The summed E-state index contributed by atoms with van der Waals surface area (Å²) in [6, 6.07) is 4.63. The summed E-state index contributed by atoms with van der Waals surface area (Å²) in [5.74, 6) is -5.63. The lowest BCUT2D eigenvalue weighted by Crippen LogP contribution is -2.37. The number of hydrogen-bond donors (Lipinski definition) is 1. The van der Waals surface area contributed by atoms with Crippen LogP contribution in [0.15, 0.2) is 36.5 Å². The van der Waals surface area contributed by atoms with Crippen LogP contribution in [0.2, 0.25) is 0 Å². The van der Waals surface area contributed by atoms with Crippen LogP contribution in [0.5, 0.6) is 0 Å². The average Bonchev–Trinajstić information content (AvgIpc) is 3.37. The molecule has 1 aliphatic rings. The summed E-state index contributed by atoms with van der Waals surface area (Å²) in [6.07, 6.45) is 1.06. The molecule has 1 fully saturated rings. The molecule has 2 aromatic rings. The van der Waals surface area contributed by atoms with E-state index in [0.29, 0.717) is 6.07 Å². The number of halogens is 4. The van der Waals surface area contributed by atoms with Crippen molar-refractivity contribution in [3.8, 4) is 0 Å². The first-order chi connectivity index (χ1) is 11.8. The van der Waals surface area contributed by atoms with E-state index in [-0.39, 0.29) is 12.1 Å². The number of alkyl halides is 2. The van der Waals surface area contributed by atoms with Gasteiger partial charge in [0.25, 0.3) is 0 Å². The Balaban J connectivity index is 1.93. The molecule has 1 saturated heterocycles. The zero-order valence-corrected chi connectivity index (χ0v) is 13.2. The molecule has 9 heteroatoms. The first-order valence-corrected chi connectivity index (χ1v) is 7.55. The Morgan fingerprint density at radius 2 is 2.04 bits per heavy atom. The van der Waals surface area contributed by atoms with Gasteiger partial charge in [0.15, 0.2) is 5.60 Å². The van der Waals surface area contributed by atoms with Gasteiger partial charge >= 0.3 is 13.0 Å². The van der Waals surface area contributed by atoms with Crippen molar-refractivity contribution in [3.63, 3.8) is 0 Å². The molecule has 25 heavy (non-hydrogen) atoms. The van der Waals surface area contributed by atoms with Gasteiger partial charge in [-0.15, -0.1) is 0 Å². The molecule has 3 rings (SSSR count). The van der Waals surface area contributed by atoms with Crippen molar-refractivity contribution in [2.45, 2.75) is 18.4 Å². The van der Waals surface area contributed by atoms with Crippen molar-refractivity contribution in [2.24, 2.45) is 0 Å². The third-order valence-corrected chi connectivity index (χ3v) is 4.02. The number of hydrogen-bond acceptors (Lipinski definition) is 4. The monoisotopic (exact) mass is 355 g/mol. The van der Waals surface area contributed by atoms with Crippen LogP contribution in [-0.2, 0) is 20.9 Å². The smallest absolute Gasteiger partial charge is 0.423 e. The van der Waals surface area contributed by atoms with Crippen molar-refractivity contribution in [1.82, 2.24) is 4.98 Å². The first kappa shape index (κ1) is 17.8. The van der Waals surface area contributed by atoms with E-state index in [1.54, 1.807) is 6.92 Å². The summed E-state index contributed by atoms with van der Waals surface area (Å²) in [5.41, 5.74) is -3.10. The third-order valence-electron chi connectivity index (χ3n) is 4.02. The number of ether oxygens (including phenoxy) is 1. The molecule has 0 saturated carbocycles. The number of aromatic nitrogens is 1. The number of epoxide rings is 1. The highest BCUT2D eigenvalue weighted by atomic mass is 19.3. The van der Waals surface area contributed by atoms with Crippen molar-refractivity contribution >= 4 is 12.6 Å². The van der Waals surface area contributed by atoms with Crippen LogP contribution < -0.4 is 5.46 Å². The highest BCUT2D eigenvalue weighted by Gasteiger charge is 2.68. The van der Waals surface area contributed by atoms with Gasteiger partial charge in [-0.05, 0) is 25.1 Å². The van der Waals surface area contributed by atoms with Crippen LogP contribution in [0.3, 0.4) is 0 Å². The predicted octanol–water partition coefficient (Wildman–Crippen LogP) is 2.10. The molecule has 2 heterocycles. The molecular weight excluding hydrogens is 341 g/mol. The predicted molar refractivity (Wildman–Crippen MR) is 81.4 cm³/mol. The zero-order valence-electron chi connectivity index (χ0n) is 13.2. The van der Waals surface area contributed by atoms with Crippen LogP contribution in [0.1, 0.15) is 18.2 Å². The lowest BCUT2D eigenvalue weighted by atomic mass is 9.80. The Kier molecular flexibility index (Phi) is 4.57. The quantitative estimate of drug-likeness (QED) is 0.490. The van der Waals surface area contributed by atoms with E-state index in [4.69, 9.17) is 9.39 Å². The second kappa shape index (κ2) is 6.40. The maximum atomic E-state index is 14.9. The van der Waals surface area contributed by atoms with Crippen molar-refractivity contribution < 1.29 is 32.0 Å². The van der Waals surface area contributed by atoms with E-state index in [9.17, 15) is 22.6 Å². The maximum absolute atomic E-state index is 14.9. The molecule has 1 aromatic carbocycles. The van der Waals surface area contributed by atoms with Gasteiger partial charge < -0.3 is 14.4 Å². The molecule has 1 unspecified atom stereocenters. The number of rotatable bonds is 6. The van der Waals surface area contributed by atoms with Gasteiger partial charge in [0.2, 0.25) is 0 Å². The second-order valence-electron chi connectivity index (χ2n) is 5.60. The largest absolute Gasteiger partial charge is 0.492 e. The minimum atomic E-state index is -3.65. The number of pyridine rings is 1. The number of nitrogens with zero attached hydrogens (tertiary/aromatic N) is 1. The molecule has 0 radical (unpaired) electrons. The van der Waals surface area contributed by atoms with E-state index >= 15 is 0 Å². The van der Waals surface area contributed by atoms with E-state index in [1.165, 1.54) is 6.07 Å². The first-order valence-electron chi connectivity index (χ1n) is 7.55. The molecule has 0 aliphatic carbocycles. The molecule has 1 aliphatic heterocycles. The van der Waals surface area contributed by atoms with Gasteiger partial charge in [0.05, 0.1) is 6.61 Å². The summed E-state index contributed by atoms with van der Waals surface area (Å²) in [7, 11) is -1.28. The Labute approximate surface area is 141 Å². The summed E-state index contributed by atoms with van der Waals surface area (Å²) < 4.78 is 66.7. The minimum Gasteiger partial charge on any atom is -0.423 e. The van der Waals surface area contributed by atoms with Gasteiger partial charge in [-0.25, -0.2) is 8.78 Å². The van der Waals surface area contributed by atoms with Crippen LogP contribution >= 0.6 is 0 Å². The van der Waals surface area contributed by atoms with Gasteiger partial charge in [0, 0.05) is 29.9 Å². The lowest BCUT2D eigenvalue weighted by molar-refractivity contribution is -0.0901. The van der Waals surface area contributed by atoms with Gasteiger partial charge in [0.1, 0.15) is 17.3 Å². The van der Waals surface area contributed by atoms with E-state index in [2.05, 4.69) is 4.98 Å². The summed E-state index contributed by atoms with van der Waals surface area (Å²) in [5, 5.41) is 9.67. The maximum Gasteiger partial charge on any atom is 0.492 e. The third kappa shape index (κ3) is 3.03. The Morgan fingerprint density at radius 1 is 1.32 bits per heavy atom. The normalized spacial score (nSPS) is 19.8. The van der Waals surface area contributed by atoms with Crippen LogP contribution in [0, 0.1) is 11.6 Å². The van der Waals surface area contributed by atoms with E-state index in [0.717, 1.165) is 24.4 Å². The highest BCUT2D eigenvalue weighted by molar-refractivity contribution is 6.59. The second-order valence-corrected chi connectivity index (χ2v) is 5.60. The molecule has 1 N–H and O–H groups in total. The van der Waals surface area contributed by atoms with Crippen LogP contribution in [0.25, 0.3) is 0 Å². The zero-order chi connectivity index (χ0) is 18.2. The fraction of sp³-hybridized carbons (Fsp3) is 0.312. The van der Waals surface area contributed by atoms with Gasteiger partial charge in [-0.2, -0.15) is 8.78 Å². The standard InChI is InChI=1S/C16H14BF4NO3/c1-2-25-17(23)10-3-6-14(22-8-10)16(20,21)15(9-24-15)12-5-4-11(18)7-13(12)19/h3-8,23H,2,9H2,1H3. The van der Waals surface area contributed by atoms with Gasteiger partial charge in [-0.1, -0.05) is 6.07 Å². The molecular formula is C16H14BF4NO3.